The maximum atomic E-state index is 14.9. The first-order chi connectivity index (χ1) is 13.9. The minimum Gasteiger partial charge on any atom is -0.379 e. The number of nitriles is 1. The molecular weight excluding hydrogens is 391 g/mol. The average Bonchev–Trinajstić information content (AvgIpc) is 3.06. The molecule has 148 valence electrons. The molecule has 2 aliphatic heterocycles. The van der Waals surface area contributed by atoms with Gasteiger partial charge in [0.15, 0.2) is 11.0 Å². The Morgan fingerprint density at radius 2 is 2.28 bits per heavy atom. The van der Waals surface area contributed by atoms with Crippen LogP contribution in [0.1, 0.15) is 34.1 Å². The highest BCUT2D eigenvalue weighted by Crippen LogP contribution is 2.48. The monoisotopic (exact) mass is 410 g/mol. The molecule has 3 heterocycles. The first-order valence-electron chi connectivity index (χ1n) is 9.21. The molecule has 8 heteroatoms. The number of carbonyl (C=O) groups excluding carboxylic acids is 1. The first kappa shape index (κ1) is 19.6. The predicted molar refractivity (Wildman–Crippen MR) is 108 cm³/mol. The Morgan fingerprint density at radius 3 is 3.00 bits per heavy atom. The predicted octanol–water partition coefficient (Wildman–Crippen LogP) is 2.81. The highest BCUT2D eigenvalue weighted by molar-refractivity contribution is 8.13. The number of fused-ring (bicyclic) bond motifs is 1. The van der Waals surface area contributed by atoms with E-state index in [0.717, 1.165) is 0 Å². The molecule has 1 aromatic heterocycles. The highest BCUT2D eigenvalue weighted by atomic mass is 32.2. The zero-order valence-electron chi connectivity index (χ0n) is 15.8. The summed E-state index contributed by atoms with van der Waals surface area (Å²) in [7, 11) is 0. The van der Waals surface area contributed by atoms with E-state index < -0.39 is 5.54 Å². The van der Waals surface area contributed by atoms with E-state index in [1.807, 2.05) is 13.0 Å². The van der Waals surface area contributed by atoms with Crippen LogP contribution in [0.15, 0.2) is 41.5 Å². The van der Waals surface area contributed by atoms with E-state index in [-0.39, 0.29) is 42.3 Å². The summed E-state index contributed by atoms with van der Waals surface area (Å²) in [4.78, 5) is 21.3. The average molecular weight is 410 g/mol. The van der Waals surface area contributed by atoms with Crippen LogP contribution in [0.5, 0.6) is 0 Å². The third kappa shape index (κ3) is 3.52. The van der Waals surface area contributed by atoms with Crippen LogP contribution in [0.4, 0.5) is 4.39 Å². The molecule has 0 saturated carbocycles. The Bertz CT molecular complexity index is 1030. The summed E-state index contributed by atoms with van der Waals surface area (Å²) in [5.41, 5.74) is 6.83. The van der Waals surface area contributed by atoms with Gasteiger partial charge in [0.2, 0.25) is 0 Å². The zero-order valence-corrected chi connectivity index (χ0v) is 16.6. The Kier molecular flexibility index (Phi) is 5.11. The van der Waals surface area contributed by atoms with Crippen LogP contribution in [-0.4, -0.2) is 34.4 Å². The van der Waals surface area contributed by atoms with Gasteiger partial charge in [-0.2, -0.15) is 5.26 Å². The Morgan fingerprint density at radius 1 is 1.45 bits per heavy atom. The van der Waals surface area contributed by atoms with Gasteiger partial charge in [-0.3, -0.25) is 9.78 Å². The fourth-order valence-electron chi connectivity index (χ4n) is 3.92. The third-order valence-corrected chi connectivity index (χ3v) is 6.42. The van der Waals surface area contributed by atoms with Crippen molar-refractivity contribution < 1.29 is 13.9 Å². The van der Waals surface area contributed by atoms with Gasteiger partial charge in [0.1, 0.15) is 23.1 Å². The number of amidine groups is 1. The number of hydrogen-bond donors (Lipinski definition) is 1. The van der Waals surface area contributed by atoms with Gasteiger partial charge in [-0.15, -0.1) is 0 Å². The number of hydrogen-bond acceptors (Lipinski definition) is 7. The van der Waals surface area contributed by atoms with Crippen molar-refractivity contribution in [2.75, 3.05) is 12.4 Å². The second-order valence-corrected chi connectivity index (χ2v) is 8.31. The van der Waals surface area contributed by atoms with Gasteiger partial charge < -0.3 is 10.5 Å². The Labute approximate surface area is 172 Å². The van der Waals surface area contributed by atoms with E-state index in [1.165, 1.54) is 30.1 Å². The quantitative estimate of drug-likeness (QED) is 0.778. The summed E-state index contributed by atoms with van der Waals surface area (Å²) in [6, 6.07) is 9.70. The number of nitrogens with zero attached hydrogens (tertiary/aromatic N) is 3. The van der Waals surface area contributed by atoms with Crippen LogP contribution in [0, 0.1) is 23.1 Å². The van der Waals surface area contributed by atoms with Crippen LogP contribution >= 0.6 is 11.8 Å². The van der Waals surface area contributed by atoms with E-state index in [4.69, 9.17) is 15.7 Å². The van der Waals surface area contributed by atoms with Crippen LogP contribution in [-0.2, 0) is 16.7 Å². The van der Waals surface area contributed by atoms with Gasteiger partial charge in [-0.1, -0.05) is 17.8 Å². The maximum absolute atomic E-state index is 14.9. The molecule has 0 unspecified atom stereocenters. The van der Waals surface area contributed by atoms with Gasteiger partial charge in [0.25, 0.3) is 0 Å². The normalized spacial score (nSPS) is 25.8. The van der Waals surface area contributed by atoms with Gasteiger partial charge in [-0.05, 0) is 36.8 Å². The van der Waals surface area contributed by atoms with E-state index in [9.17, 15) is 9.18 Å². The molecule has 6 nitrogen and oxygen atoms in total. The number of thioether (sulfide) groups is 1. The summed E-state index contributed by atoms with van der Waals surface area (Å²) in [6.45, 7) is 2.22. The molecule has 2 N–H and O–H groups in total. The fraction of sp³-hybridized carbons (Fsp3) is 0.333. The van der Waals surface area contributed by atoms with E-state index in [1.54, 1.807) is 18.2 Å². The summed E-state index contributed by atoms with van der Waals surface area (Å²) in [5.74, 6) is 0.109. The molecule has 1 fully saturated rings. The number of aliphatic imine (C=N–C) groups is 1. The lowest BCUT2D eigenvalue weighted by Gasteiger charge is -2.35. The van der Waals surface area contributed by atoms with Crippen molar-refractivity contribution in [1.29, 1.82) is 5.26 Å². The zero-order chi connectivity index (χ0) is 20.6. The number of carbonyl (C=O) groups is 1. The number of ketones is 1. The standard InChI is InChI=1S/C21H19FN4O2S/c1-12-16-10-29-20(24)26-21(16,11-28-12)15-6-13(2-4-17(15)22)7-19(27)18-5-3-14(8-23)9-25-18/h2-6,9,12,16H,7,10-11H2,1H3,(H2,24,26)/t12-,16-,21-/m1/s1. The SMILES string of the molecule is C[C@H]1OC[C@]2(c3cc(CC(=O)c4ccc(C#N)cn4)ccc3F)N=C(N)SC[C@H]12. The van der Waals surface area contributed by atoms with Gasteiger partial charge in [0, 0.05) is 29.9 Å². The van der Waals surface area contributed by atoms with Crippen molar-refractivity contribution >= 4 is 22.7 Å². The topological polar surface area (TPSA) is 101 Å². The Balaban J connectivity index is 1.67. The van der Waals surface area contributed by atoms with Crippen LogP contribution in [0.25, 0.3) is 0 Å². The van der Waals surface area contributed by atoms with Gasteiger partial charge in [-0.25, -0.2) is 9.38 Å². The van der Waals surface area contributed by atoms with Crippen molar-refractivity contribution in [2.24, 2.45) is 16.6 Å². The molecule has 1 saturated heterocycles. The number of ether oxygens (including phenoxy) is 1. The number of rotatable bonds is 4. The number of pyridine rings is 1. The maximum Gasteiger partial charge on any atom is 0.185 e. The number of halogens is 1. The number of aromatic nitrogens is 1. The van der Waals surface area contributed by atoms with Crippen LogP contribution in [0.2, 0.25) is 0 Å². The number of Topliss-reactive ketones (excluding diaryl/α,β-unsaturated/α-hetero) is 1. The van der Waals surface area contributed by atoms with Crippen molar-refractivity contribution in [1.82, 2.24) is 4.98 Å². The van der Waals surface area contributed by atoms with Gasteiger partial charge in [0.05, 0.1) is 18.3 Å². The number of nitrogens with two attached hydrogens (primary N) is 1. The first-order valence-corrected chi connectivity index (χ1v) is 10.2. The molecule has 0 bridgehead atoms. The van der Waals surface area contributed by atoms with Crippen LogP contribution in [0.3, 0.4) is 0 Å². The number of benzene rings is 1. The molecule has 2 aliphatic rings. The van der Waals surface area contributed by atoms with Crippen molar-refractivity contribution in [3.05, 3.63) is 64.7 Å². The minimum absolute atomic E-state index is 0.000411. The van der Waals surface area contributed by atoms with E-state index >= 15 is 0 Å². The molecule has 29 heavy (non-hydrogen) atoms. The molecule has 0 aliphatic carbocycles. The summed E-state index contributed by atoms with van der Waals surface area (Å²) in [6.07, 6.45) is 1.37. The smallest absolute Gasteiger partial charge is 0.185 e. The van der Waals surface area contributed by atoms with Crippen molar-refractivity contribution in [3.63, 3.8) is 0 Å². The van der Waals surface area contributed by atoms with Crippen LogP contribution < -0.4 is 5.73 Å². The lowest BCUT2D eigenvalue weighted by atomic mass is 9.78. The summed E-state index contributed by atoms with van der Waals surface area (Å²) >= 11 is 1.45. The van der Waals surface area contributed by atoms with E-state index in [2.05, 4.69) is 9.98 Å². The fourth-order valence-corrected chi connectivity index (χ4v) is 5.04. The second-order valence-electron chi connectivity index (χ2n) is 7.27. The Hall–Kier alpha value is -2.76. The van der Waals surface area contributed by atoms with E-state index in [0.29, 0.717) is 27.6 Å². The van der Waals surface area contributed by atoms with Crippen molar-refractivity contribution in [2.45, 2.75) is 25.0 Å². The molecule has 0 amide bonds. The third-order valence-electron chi connectivity index (χ3n) is 5.51. The molecule has 3 atom stereocenters. The summed E-state index contributed by atoms with van der Waals surface area (Å²) < 4.78 is 20.7. The summed E-state index contributed by atoms with van der Waals surface area (Å²) in [5, 5.41) is 9.27. The molecule has 0 spiro atoms. The molecule has 4 rings (SSSR count). The molecule has 1 aromatic carbocycles. The molecular formula is C21H19FN4O2S. The molecule has 0 radical (unpaired) electrons. The second kappa shape index (κ2) is 7.58. The minimum atomic E-state index is -0.870. The lowest BCUT2D eigenvalue weighted by molar-refractivity contribution is 0.0988. The lowest BCUT2D eigenvalue weighted by Crippen LogP contribution is -2.41. The molecule has 2 aromatic rings. The van der Waals surface area contributed by atoms with Crippen molar-refractivity contribution in [3.8, 4) is 6.07 Å². The highest BCUT2D eigenvalue weighted by Gasteiger charge is 2.52. The van der Waals surface area contributed by atoms with Gasteiger partial charge >= 0.3 is 0 Å². The largest absolute Gasteiger partial charge is 0.379 e.